The summed E-state index contributed by atoms with van der Waals surface area (Å²) >= 11 is 1.40. The Hall–Kier alpha value is -2.37. The lowest BCUT2D eigenvalue weighted by Gasteiger charge is -2.19. The summed E-state index contributed by atoms with van der Waals surface area (Å²) < 4.78 is 2.00. The number of hydrogen-bond donors (Lipinski definition) is 1. The Balaban J connectivity index is 1.79. The molecule has 4 nitrogen and oxygen atoms in total. The van der Waals surface area contributed by atoms with Gasteiger partial charge in [-0.3, -0.25) is 4.79 Å². The number of aryl methyl sites for hydroxylation is 1. The van der Waals surface area contributed by atoms with Gasteiger partial charge in [0.2, 0.25) is 0 Å². The van der Waals surface area contributed by atoms with E-state index in [2.05, 4.69) is 24.0 Å². The first kappa shape index (κ1) is 18.4. The average Bonchev–Trinajstić information content (AvgIpc) is 3.09. The predicted molar refractivity (Wildman–Crippen MR) is 105 cm³/mol. The minimum Gasteiger partial charge on any atom is -0.390 e. The van der Waals surface area contributed by atoms with Crippen molar-refractivity contribution in [1.29, 1.82) is 0 Å². The highest BCUT2D eigenvalue weighted by molar-refractivity contribution is 7.99. The van der Waals surface area contributed by atoms with Gasteiger partial charge in [0.15, 0.2) is 10.9 Å². The molecule has 0 aliphatic heterocycles. The Bertz CT molecular complexity index is 873. The van der Waals surface area contributed by atoms with Crippen molar-refractivity contribution < 1.29 is 9.90 Å². The van der Waals surface area contributed by atoms with Crippen molar-refractivity contribution in [1.82, 2.24) is 9.55 Å². The molecule has 2 aromatic carbocycles. The molecule has 1 N–H and O–H groups in total. The van der Waals surface area contributed by atoms with Crippen LogP contribution in [0.5, 0.6) is 0 Å². The standard InChI is InChI=1S/C21H22N2O2S/c1-15-8-10-18(11-9-15)20(25)14-26-21-22-12-19(13-24)23(21)16(2)17-6-4-3-5-7-17/h3-12,16,24H,13-14H2,1-2H3. The third kappa shape index (κ3) is 4.06. The van der Waals surface area contributed by atoms with Crippen LogP contribution in [0.15, 0.2) is 66.0 Å². The Labute approximate surface area is 157 Å². The molecule has 0 aliphatic carbocycles. The summed E-state index contributed by atoms with van der Waals surface area (Å²) in [4.78, 5) is 16.9. The molecule has 0 spiro atoms. The van der Waals surface area contributed by atoms with Crippen molar-refractivity contribution in [2.75, 3.05) is 5.75 Å². The SMILES string of the molecule is Cc1ccc(C(=O)CSc2ncc(CO)n2C(C)c2ccccc2)cc1. The number of ketones is 1. The molecule has 0 radical (unpaired) electrons. The van der Waals surface area contributed by atoms with E-state index < -0.39 is 0 Å². The highest BCUT2D eigenvalue weighted by Gasteiger charge is 2.18. The molecular weight excluding hydrogens is 344 g/mol. The van der Waals surface area contributed by atoms with Crippen molar-refractivity contribution in [2.45, 2.75) is 31.7 Å². The van der Waals surface area contributed by atoms with Crippen LogP contribution in [0.1, 0.15) is 40.1 Å². The second-order valence-corrected chi connectivity index (χ2v) is 7.17. The van der Waals surface area contributed by atoms with Crippen molar-refractivity contribution in [3.8, 4) is 0 Å². The summed E-state index contributed by atoms with van der Waals surface area (Å²) in [6, 6.07) is 17.7. The van der Waals surface area contributed by atoms with Gasteiger partial charge in [-0.2, -0.15) is 0 Å². The molecule has 1 heterocycles. The van der Waals surface area contributed by atoms with Crippen molar-refractivity contribution >= 4 is 17.5 Å². The summed E-state index contributed by atoms with van der Waals surface area (Å²) in [6.07, 6.45) is 1.68. The molecule has 0 amide bonds. The van der Waals surface area contributed by atoms with Gasteiger partial charge in [-0.05, 0) is 19.4 Å². The summed E-state index contributed by atoms with van der Waals surface area (Å²) in [5.74, 6) is 0.384. The molecule has 134 valence electrons. The van der Waals surface area contributed by atoms with Gasteiger partial charge < -0.3 is 9.67 Å². The zero-order valence-corrected chi connectivity index (χ0v) is 15.7. The van der Waals surface area contributed by atoms with Crippen LogP contribution in [-0.4, -0.2) is 26.2 Å². The fraction of sp³-hybridized carbons (Fsp3) is 0.238. The molecule has 0 saturated heterocycles. The normalized spacial score (nSPS) is 12.1. The number of rotatable bonds is 7. The van der Waals surface area contributed by atoms with Crippen LogP contribution in [0.3, 0.4) is 0 Å². The molecule has 0 bridgehead atoms. The van der Waals surface area contributed by atoms with Gasteiger partial charge in [-0.25, -0.2) is 4.98 Å². The summed E-state index contributed by atoms with van der Waals surface area (Å²) in [5.41, 5.74) is 3.72. The maximum atomic E-state index is 12.4. The van der Waals surface area contributed by atoms with Gasteiger partial charge >= 0.3 is 0 Å². The second kappa shape index (κ2) is 8.34. The number of hydrogen-bond acceptors (Lipinski definition) is 4. The summed E-state index contributed by atoms with van der Waals surface area (Å²) in [5, 5.41) is 10.4. The van der Waals surface area contributed by atoms with E-state index in [0.717, 1.165) is 22.0 Å². The average molecular weight is 366 g/mol. The number of carbonyl (C=O) groups excluding carboxylic acids is 1. The highest BCUT2D eigenvalue weighted by Crippen LogP contribution is 2.28. The van der Waals surface area contributed by atoms with Gasteiger partial charge in [-0.1, -0.05) is 71.9 Å². The fourth-order valence-electron chi connectivity index (χ4n) is 2.85. The van der Waals surface area contributed by atoms with Gasteiger partial charge in [0.05, 0.1) is 30.3 Å². The van der Waals surface area contributed by atoms with E-state index in [-0.39, 0.29) is 18.4 Å². The third-order valence-electron chi connectivity index (χ3n) is 4.38. The van der Waals surface area contributed by atoms with Crippen LogP contribution in [-0.2, 0) is 6.61 Å². The zero-order chi connectivity index (χ0) is 18.5. The lowest BCUT2D eigenvalue weighted by atomic mass is 10.1. The number of carbonyl (C=O) groups is 1. The minimum atomic E-state index is -0.0867. The first-order valence-electron chi connectivity index (χ1n) is 8.54. The Morgan fingerprint density at radius 1 is 1.15 bits per heavy atom. The number of aliphatic hydroxyl groups is 1. The van der Waals surface area contributed by atoms with Crippen LogP contribution < -0.4 is 0 Å². The smallest absolute Gasteiger partial charge is 0.173 e. The largest absolute Gasteiger partial charge is 0.390 e. The molecule has 26 heavy (non-hydrogen) atoms. The highest BCUT2D eigenvalue weighted by atomic mass is 32.2. The molecule has 3 rings (SSSR count). The number of benzene rings is 2. The Kier molecular flexibility index (Phi) is 5.91. The van der Waals surface area contributed by atoms with E-state index in [1.165, 1.54) is 11.8 Å². The molecule has 0 aliphatic rings. The molecule has 1 atom stereocenters. The zero-order valence-electron chi connectivity index (χ0n) is 14.9. The maximum Gasteiger partial charge on any atom is 0.173 e. The summed E-state index contributed by atoms with van der Waals surface area (Å²) in [7, 11) is 0. The second-order valence-electron chi connectivity index (χ2n) is 6.22. The van der Waals surface area contributed by atoms with Crippen LogP contribution in [0.2, 0.25) is 0 Å². The van der Waals surface area contributed by atoms with Gasteiger partial charge in [0.25, 0.3) is 0 Å². The number of imidazole rings is 1. The van der Waals surface area contributed by atoms with E-state index in [9.17, 15) is 9.90 Å². The third-order valence-corrected chi connectivity index (χ3v) is 5.34. The van der Waals surface area contributed by atoms with Gasteiger partial charge in [-0.15, -0.1) is 0 Å². The van der Waals surface area contributed by atoms with Crippen molar-refractivity contribution in [2.24, 2.45) is 0 Å². The molecule has 1 aromatic heterocycles. The predicted octanol–water partition coefficient (Wildman–Crippen LogP) is 4.27. The molecule has 0 saturated carbocycles. The lowest BCUT2D eigenvalue weighted by Crippen LogP contribution is -2.12. The molecule has 1 unspecified atom stereocenters. The number of Topliss-reactive ketones (excluding diaryl/α,β-unsaturated/α-hetero) is 1. The maximum absolute atomic E-state index is 12.4. The van der Waals surface area contributed by atoms with Crippen LogP contribution in [0.25, 0.3) is 0 Å². The number of aromatic nitrogens is 2. The first-order valence-corrected chi connectivity index (χ1v) is 9.53. The molecule has 3 aromatic rings. The molecule has 0 fully saturated rings. The van der Waals surface area contributed by atoms with Crippen molar-refractivity contribution in [3.05, 3.63) is 83.2 Å². The number of nitrogens with zero attached hydrogens (tertiary/aromatic N) is 2. The molecular formula is C21H22N2O2S. The van der Waals surface area contributed by atoms with Gasteiger partial charge in [0, 0.05) is 5.56 Å². The van der Waals surface area contributed by atoms with E-state index in [1.807, 2.05) is 54.0 Å². The summed E-state index contributed by atoms with van der Waals surface area (Å²) in [6.45, 7) is 3.99. The monoisotopic (exact) mass is 366 g/mol. The van der Waals surface area contributed by atoms with E-state index in [1.54, 1.807) is 6.20 Å². The van der Waals surface area contributed by atoms with Gasteiger partial charge in [0.1, 0.15) is 0 Å². The topological polar surface area (TPSA) is 55.1 Å². The Morgan fingerprint density at radius 2 is 1.85 bits per heavy atom. The Morgan fingerprint density at radius 3 is 2.50 bits per heavy atom. The van der Waals surface area contributed by atoms with E-state index in [0.29, 0.717) is 11.3 Å². The first-order chi connectivity index (χ1) is 12.6. The van der Waals surface area contributed by atoms with Crippen molar-refractivity contribution in [3.63, 3.8) is 0 Å². The quantitative estimate of drug-likeness (QED) is 0.501. The van der Waals surface area contributed by atoms with Crippen LogP contribution in [0, 0.1) is 6.92 Å². The molecule has 5 heteroatoms. The minimum absolute atomic E-state index is 0.0258. The van der Waals surface area contributed by atoms with Crippen LogP contribution >= 0.6 is 11.8 Å². The van der Waals surface area contributed by atoms with E-state index >= 15 is 0 Å². The number of aliphatic hydroxyl groups excluding tert-OH is 1. The van der Waals surface area contributed by atoms with E-state index in [4.69, 9.17) is 0 Å². The fourth-order valence-corrected chi connectivity index (χ4v) is 3.82. The lowest BCUT2D eigenvalue weighted by molar-refractivity contribution is 0.102. The number of thioether (sulfide) groups is 1. The van der Waals surface area contributed by atoms with Crippen LogP contribution in [0.4, 0.5) is 0 Å².